The van der Waals surface area contributed by atoms with Gasteiger partial charge in [-0.3, -0.25) is 4.79 Å². The van der Waals surface area contributed by atoms with Gasteiger partial charge in [0.25, 0.3) is 0 Å². The Bertz CT molecular complexity index is 596. The van der Waals surface area contributed by atoms with Gasteiger partial charge >= 0.3 is 0 Å². The first-order chi connectivity index (χ1) is 8.75. The highest BCUT2D eigenvalue weighted by Crippen LogP contribution is 2.30. The van der Waals surface area contributed by atoms with Crippen molar-refractivity contribution in [3.05, 3.63) is 53.0 Å². The summed E-state index contributed by atoms with van der Waals surface area (Å²) in [5.74, 6) is 1.73. The lowest BCUT2D eigenvalue weighted by atomic mass is 9.99. The average molecular weight is 242 g/mol. The molecule has 92 valence electrons. The summed E-state index contributed by atoms with van der Waals surface area (Å²) in [6.07, 6.45) is 1.97. The van der Waals surface area contributed by atoms with Crippen molar-refractivity contribution in [2.75, 3.05) is 6.61 Å². The third-order valence-corrected chi connectivity index (χ3v) is 3.14. The molecule has 2 aromatic rings. The molecule has 18 heavy (non-hydrogen) atoms. The number of aryl methyl sites for hydroxylation is 2. The van der Waals surface area contributed by atoms with E-state index >= 15 is 0 Å². The SMILES string of the molecule is Cc1ccc(C(=O)c2cccc3c2OCCC3)o1. The van der Waals surface area contributed by atoms with Crippen LogP contribution in [0.1, 0.15) is 33.9 Å². The molecule has 0 bridgehead atoms. The number of benzene rings is 1. The van der Waals surface area contributed by atoms with Gasteiger partial charge < -0.3 is 9.15 Å². The second kappa shape index (κ2) is 4.33. The number of rotatable bonds is 2. The minimum Gasteiger partial charge on any atom is -0.493 e. The van der Waals surface area contributed by atoms with Gasteiger partial charge in [0.15, 0.2) is 5.76 Å². The maximum Gasteiger partial charge on any atom is 0.231 e. The first-order valence-corrected chi connectivity index (χ1v) is 6.11. The molecule has 0 saturated heterocycles. The molecular formula is C15H14O3. The van der Waals surface area contributed by atoms with Crippen LogP contribution in [0.5, 0.6) is 5.75 Å². The van der Waals surface area contributed by atoms with Crippen LogP contribution in [0.4, 0.5) is 0 Å². The van der Waals surface area contributed by atoms with Crippen LogP contribution >= 0.6 is 0 Å². The van der Waals surface area contributed by atoms with Crippen LogP contribution in [0.2, 0.25) is 0 Å². The van der Waals surface area contributed by atoms with Crippen LogP contribution in [-0.2, 0) is 6.42 Å². The molecule has 3 heteroatoms. The number of carbonyl (C=O) groups excluding carboxylic acids is 1. The Hall–Kier alpha value is -2.03. The van der Waals surface area contributed by atoms with E-state index in [4.69, 9.17) is 9.15 Å². The fraction of sp³-hybridized carbons (Fsp3) is 0.267. The normalized spacial score (nSPS) is 13.8. The smallest absolute Gasteiger partial charge is 0.231 e. The lowest BCUT2D eigenvalue weighted by Gasteiger charge is -2.19. The first kappa shape index (κ1) is 11.1. The van der Waals surface area contributed by atoms with Gasteiger partial charge in [0.2, 0.25) is 5.78 Å². The van der Waals surface area contributed by atoms with Crippen LogP contribution in [0, 0.1) is 6.92 Å². The van der Waals surface area contributed by atoms with Gasteiger partial charge in [-0.2, -0.15) is 0 Å². The fourth-order valence-electron chi connectivity index (χ4n) is 2.26. The lowest BCUT2D eigenvalue weighted by molar-refractivity contribution is 0.100. The van der Waals surface area contributed by atoms with E-state index in [9.17, 15) is 4.79 Å². The zero-order chi connectivity index (χ0) is 12.5. The molecule has 3 nitrogen and oxygen atoms in total. The van der Waals surface area contributed by atoms with Gasteiger partial charge in [-0.1, -0.05) is 12.1 Å². The number of hydrogen-bond donors (Lipinski definition) is 0. The first-order valence-electron chi connectivity index (χ1n) is 6.11. The van der Waals surface area contributed by atoms with Crippen molar-refractivity contribution in [2.45, 2.75) is 19.8 Å². The summed E-state index contributed by atoms with van der Waals surface area (Å²) in [7, 11) is 0. The number of furan rings is 1. The molecule has 1 aromatic carbocycles. The molecule has 0 radical (unpaired) electrons. The van der Waals surface area contributed by atoms with Crippen molar-refractivity contribution in [2.24, 2.45) is 0 Å². The Morgan fingerprint density at radius 1 is 1.22 bits per heavy atom. The monoisotopic (exact) mass is 242 g/mol. The summed E-state index contributed by atoms with van der Waals surface area (Å²) in [5.41, 5.74) is 1.71. The molecular weight excluding hydrogens is 228 g/mol. The lowest BCUT2D eigenvalue weighted by Crippen LogP contribution is -2.13. The third-order valence-electron chi connectivity index (χ3n) is 3.14. The molecule has 3 rings (SSSR count). The molecule has 1 aliphatic rings. The predicted molar refractivity (Wildman–Crippen MR) is 67.1 cm³/mol. The van der Waals surface area contributed by atoms with Gasteiger partial charge in [0, 0.05) is 0 Å². The number of para-hydroxylation sites is 1. The number of carbonyl (C=O) groups is 1. The summed E-state index contributed by atoms with van der Waals surface area (Å²) in [4.78, 5) is 12.4. The standard InChI is InChI=1S/C15H14O3/c1-10-7-8-13(18-10)14(16)12-6-2-4-11-5-3-9-17-15(11)12/h2,4,6-8H,3,5,9H2,1H3. The number of hydrogen-bond acceptors (Lipinski definition) is 3. The summed E-state index contributed by atoms with van der Waals surface area (Å²) in [5, 5.41) is 0. The topological polar surface area (TPSA) is 39.4 Å². The van der Waals surface area contributed by atoms with Gasteiger partial charge in [-0.15, -0.1) is 0 Å². The zero-order valence-electron chi connectivity index (χ0n) is 10.2. The number of ether oxygens (including phenoxy) is 1. The molecule has 0 aliphatic carbocycles. The molecule has 1 aromatic heterocycles. The van der Waals surface area contributed by atoms with Crippen molar-refractivity contribution < 1.29 is 13.9 Å². The van der Waals surface area contributed by atoms with E-state index in [0.717, 1.165) is 29.9 Å². The minimum absolute atomic E-state index is 0.109. The van der Waals surface area contributed by atoms with Gasteiger partial charge in [-0.05, 0) is 43.5 Å². The van der Waals surface area contributed by atoms with Crippen LogP contribution in [-0.4, -0.2) is 12.4 Å². The molecule has 0 spiro atoms. The number of fused-ring (bicyclic) bond motifs is 1. The van der Waals surface area contributed by atoms with Crippen molar-refractivity contribution >= 4 is 5.78 Å². The van der Waals surface area contributed by atoms with Crippen LogP contribution < -0.4 is 4.74 Å². The summed E-state index contributed by atoms with van der Waals surface area (Å²) < 4.78 is 11.0. The van der Waals surface area contributed by atoms with E-state index in [1.54, 1.807) is 18.2 Å². The van der Waals surface area contributed by atoms with Crippen molar-refractivity contribution in [1.29, 1.82) is 0 Å². The van der Waals surface area contributed by atoms with E-state index in [0.29, 0.717) is 17.9 Å². The molecule has 0 saturated carbocycles. The van der Waals surface area contributed by atoms with Gasteiger partial charge in [-0.25, -0.2) is 0 Å². The second-order valence-electron chi connectivity index (χ2n) is 4.49. The molecule has 0 unspecified atom stereocenters. The Morgan fingerprint density at radius 2 is 2.11 bits per heavy atom. The Labute approximate surface area is 105 Å². The molecule has 0 N–H and O–H groups in total. The quantitative estimate of drug-likeness (QED) is 0.759. The predicted octanol–water partition coefficient (Wildman–Crippen LogP) is 3.14. The van der Waals surface area contributed by atoms with E-state index in [1.165, 1.54) is 0 Å². The van der Waals surface area contributed by atoms with Crippen molar-refractivity contribution in [3.8, 4) is 5.75 Å². The van der Waals surface area contributed by atoms with Crippen molar-refractivity contribution in [3.63, 3.8) is 0 Å². The molecule has 0 fully saturated rings. The number of ketones is 1. The van der Waals surface area contributed by atoms with E-state index in [-0.39, 0.29) is 5.78 Å². The van der Waals surface area contributed by atoms with E-state index in [2.05, 4.69) is 0 Å². The molecule has 2 heterocycles. The Kier molecular flexibility index (Phi) is 2.67. The van der Waals surface area contributed by atoms with Crippen LogP contribution in [0.25, 0.3) is 0 Å². The van der Waals surface area contributed by atoms with Crippen molar-refractivity contribution in [1.82, 2.24) is 0 Å². The third kappa shape index (κ3) is 1.82. The summed E-state index contributed by atoms with van der Waals surface area (Å²) in [6.45, 7) is 2.50. The molecule has 0 atom stereocenters. The summed E-state index contributed by atoms with van der Waals surface area (Å²) in [6, 6.07) is 9.21. The Morgan fingerprint density at radius 3 is 2.89 bits per heavy atom. The second-order valence-corrected chi connectivity index (χ2v) is 4.49. The zero-order valence-corrected chi connectivity index (χ0v) is 10.2. The summed E-state index contributed by atoms with van der Waals surface area (Å²) >= 11 is 0. The largest absolute Gasteiger partial charge is 0.493 e. The van der Waals surface area contributed by atoms with Crippen LogP contribution in [0.3, 0.4) is 0 Å². The molecule has 0 amide bonds. The van der Waals surface area contributed by atoms with Gasteiger partial charge in [0.05, 0.1) is 12.2 Å². The highest BCUT2D eigenvalue weighted by atomic mass is 16.5. The van der Waals surface area contributed by atoms with Crippen LogP contribution in [0.15, 0.2) is 34.7 Å². The van der Waals surface area contributed by atoms with E-state index in [1.807, 2.05) is 19.1 Å². The minimum atomic E-state index is -0.109. The molecule has 1 aliphatic heterocycles. The maximum atomic E-state index is 12.4. The fourth-order valence-corrected chi connectivity index (χ4v) is 2.26. The average Bonchev–Trinajstić information content (AvgIpc) is 2.84. The highest BCUT2D eigenvalue weighted by molar-refractivity contribution is 6.09. The van der Waals surface area contributed by atoms with E-state index < -0.39 is 0 Å². The Balaban J connectivity index is 2.04. The maximum absolute atomic E-state index is 12.4. The highest BCUT2D eigenvalue weighted by Gasteiger charge is 2.21. The van der Waals surface area contributed by atoms with Gasteiger partial charge in [0.1, 0.15) is 11.5 Å².